The zero-order valence-corrected chi connectivity index (χ0v) is 7.70. The van der Waals surface area contributed by atoms with Crippen LogP contribution in [0.1, 0.15) is 12.8 Å². The molecule has 1 saturated heterocycles. The molecule has 0 aromatic carbocycles. The maximum atomic E-state index is 8.47. The molecule has 5 heteroatoms. The van der Waals surface area contributed by atoms with Crippen LogP contribution in [0, 0.1) is 0 Å². The van der Waals surface area contributed by atoms with Gasteiger partial charge in [0, 0.05) is 0 Å². The van der Waals surface area contributed by atoms with Crippen molar-refractivity contribution in [2.75, 3.05) is 19.7 Å². The highest BCUT2D eigenvalue weighted by Crippen LogP contribution is 2.13. The Morgan fingerprint density at radius 1 is 1.50 bits per heavy atom. The van der Waals surface area contributed by atoms with Gasteiger partial charge in [-0.25, -0.2) is 0 Å². The third kappa shape index (κ3) is 6.82. The van der Waals surface area contributed by atoms with Crippen molar-refractivity contribution in [3.8, 4) is 0 Å². The van der Waals surface area contributed by atoms with Crippen molar-refractivity contribution in [2.24, 2.45) is 0 Å². The van der Waals surface area contributed by atoms with Crippen molar-refractivity contribution >= 4 is 0 Å². The summed E-state index contributed by atoms with van der Waals surface area (Å²) in [5.74, 6) is 0. The number of aliphatic hydroxyl groups excluding tert-OH is 1. The van der Waals surface area contributed by atoms with E-state index in [4.69, 9.17) is 14.9 Å². The van der Waals surface area contributed by atoms with Gasteiger partial charge in [-0.15, -0.1) is 0 Å². The Morgan fingerprint density at radius 2 is 2.17 bits per heavy atom. The van der Waals surface area contributed by atoms with E-state index in [-0.39, 0.29) is 12.4 Å². The number of halogens is 1. The molecule has 1 fully saturated rings. The molecule has 1 aliphatic heterocycles. The predicted octanol–water partition coefficient (Wildman–Crippen LogP) is -4.96. The lowest BCUT2D eigenvalue weighted by Gasteiger charge is -2.01. The molecule has 4 nitrogen and oxygen atoms in total. The van der Waals surface area contributed by atoms with E-state index >= 15 is 0 Å². The summed E-state index contributed by atoms with van der Waals surface area (Å²) in [5, 5.41) is 18.9. The number of quaternary nitrogens is 1. The molecule has 0 aliphatic carbocycles. The Hall–Kier alpha value is 0.130. The monoisotopic (exact) mass is 197 g/mol. The van der Waals surface area contributed by atoms with Gasteiger partial charge in [-0.3, -0.25) is 0 Å². The topological polar surface area (TPSA) is 69.6 Å². The van der Waals surface area contributed by atoms with Gasteiger partial charge in [0.15, 0.2) is 0 Å². The molecule has 0 radical (unpaired) electrons. The molecule has 0 amide bonds. The van der Waals surface area contributed by atoms with Crippen LogP contribution in [0.2, 0.25) is 0 Å². The number of hydrogen-bond donors (Lipinski definition) is 3. The average molecular weight is 198 g/mol. The first kappa shape index (κ1) is 12.1. The number of nitrogens with two attached hydrogens (primary N) is 1. The fraction of sp³-hybridized carbons (Fsp3) is 1.00. The van der Waals surface area contributed by atoms with Gasteiger partial charge in [0.1, 0.15) is 6.54 Å². The third-order valence-electron chi connectivity index (χ3n) is 1.71. The predicted molar refractivity (Wildman–Crippen MR) is 38.9 cm³/mol. The maximum absolute atomic E-state index is 8.47. The zero-order valence-electron chi connectivity index (χ0n) is 6.95. The van der Waals surface area contributed by atoms with Gasteiger partial charge in [-0.1, -0.05) is 0 Å². The van der Waals surface area contributed by atoms with Gasteiger partial charge in [0.2, 0.25) is 6.29 Å². The molecule has 1 aliphatic rings. The van der Waals surface area contributed by atoms with Gasteiger partial charge in [0.25, 0.3) is 0 Å². The van der Waals surface area contributed by atoms with E-state index in [2.05, 4.69) is 0 Å². The number of ether oxygens (including phenoxy) is 1. The Bertz CT molecular complexity index is 105. The van der Waals surface area contributed by atoms with Crippen molar-refractivity contribution in [2.45, 2.75) is 25.2 Å². The lowest BCUT2D eigenvalue weighted by molar-refractivity contribution is -0.667. The number of rotatable bonds is 6. The van der Waals surface area contributed by atoms with Crippen LogP contribution in [0.15, 0.2) is 0 Å². The summed E-state index contributed by atoms with van der Waals surface area (Å²) >= 11 is 0. The van der Waals surface area contributed by atoms with E-state index in [9.17, 15) is 0 Å². The molecular formula is C7H16ClNO3. The molecule has 12 heavy (non-hydrogen) atoms. The fourth-order valence-electron chi connectivity index (χ4n) is 0.991. The highest BCUT2D eigenvalue weighted by atomic mass is 35.5. The van der Waals surface area contributed by atoms with Gasteiger partial charge in [-0.05, 0) is 12.8 Å². The fourth-order valence-corrected chi connectivity index (χ4v) is 0.991. The highest BCUT2D eigenvalue weighted by molar-refractivity contribution is 4.67. The lowest BCUT2D eigenvalue weighted by Crippen LogP contribution is -3.00. The zero-order chi connectivity index (χ0) is 8.10. The Kier molecular flexibility index (Phi) is 6.70. The average Bonchev–Trinajstić information content (AvgIpc) is 2.70. The van der Waals surface area contributed by atoms with Crippen molar-refractivity contribution in [3.63, 3.8) is 0 Å². The molecule has 0 spiro atoms. The Labute approximate surface area is 78.3 Å². The molecule has 0 aromatic heterocycles. The van der Waals surface area contributed by atoms with Crippen LogP contribution in [0.3, 0.4) is 0 Å². The smallest absolute Gasteiger partial charge is 0.202 e. The van der Waals surface area contributed by atoms with Crippen LogP contribution in [0.5, 0.6) is 0 Å². The first-order valence-corrected chi connectivity index (χ1v) is 4.08. The minimum atomic E-state index is -1.17. The third-order valence-corrected chi connectivity index (χ3v) is 1.71. The standard InChI is InChI=1S/C7H15NO3.ClH/c9-7(10)4-8-3-1-2-6-5-11-6;/h6-10H,1-5H2;1H. The van der Waals surface area contributed by atoms with Crippen molar-refractivity contribution in [1.82, 2.24) is 0 Å². The number of aliphatic hydroxyl groups is 2. The minimum Gasteiger partial charge on any atom is -1.00 e. The van der Waals surface area contributed by atoms with E-state index in [0.717, 1.165) is 26.0 Å². The van der Waals surface area contributed by atoms with E-state index in [1.165, 1.54) is 0 Å². The maximum Gasteiger partial charge on any atom is 0.202 e. The van der Waals surface area contributed by atoms with Crippen LogP contribution in [0.25, 0.3) is 0 Å². The molecule has 0 bridgehead atoms. The molecular weight excluding hydrogens is 182 g/mol. The van der Waals surface area contributed by atoms with Gasteiger partial charge < -0.3 is 32.7 Å². The summed E-state index contributed by atoms with van der Waals surface area (Å²) in [5.41, 5.74) is 0. The van der Waals surface area contributed by atoms with Gasteiger partial charge >= 0.3 is 0 Å². The van der Waals surface area contributed by atoms with E-state index in [1.807, 2.05) is 5.32 Å². The largest absolute Gasteiger partial charge is 1.00 e. The first-order chi connectivity index (χ1) is 5.29. The summed E-state index contributed by atoms with van der Waals surface area (Å²) in [6, 6.07) is 0. The summed E-state index contributed by atoms with van der Waals surface area (Å²) < 4.78 is 5.02. The van der Waals surface area contributed by atoms with Gasteiger partial charge in [0.05, 0.1) is 19.3 Å². The molecule has 1 heterocycles. The second kappa shape index (κ2) is 6.62. The molecule has 0 saturated carbocycles. The van der Waals surface area contributed by atoms with Crippen LogP contribution in [0.4, 0.5) is 0 Å². The number of hydrogen-bond acceptors (Lipinski definition) is 3. The molecule has 74 valence electrons. The van der Waals surface area contributed by atoms with Crippen LogP contribution < -0.4 is 17.7 Å². The Balaban J connectivity index is 0.00000121. The molecule has 1 atom stereocenters. The normalized spacial score (nSPS) is 20.8. The Morgan fingerprint density at radius 3 is 2.67 bits per heavy atom. The van der Waals surface area contributed by atoms with Crippen LogP contribution in [-0.4, -0.2) is 42.3 Å². The van der Waals surface area contributed by atoms with E-state index < -0.39 is 6.29 Å². The number of epoxide rings is 1. The summed E-state index contributed by atoms with van der Waals surface area (Å²) in [6.07, 6.45) is 1.53. The molecule has 0 aromatic rings. The summed E-state index contributed by atoms with van der Waals surface area (Å²) in [6.45, 7) is 2.26. The molecule has 1 rings (SSSR count). The molecule has 4 N–H and O–H groups in total. The molecule has 1 unspecified atom stereocenters. The van der Waals surface area contributed by atoms with Crippen molar-refractivity contribution in [3.05, 3.63) is 0 Å². The quantitative estimate of drug-likeness (QED) is 0.227. The second-order valence-corrected chi connectivity index (χ2v) is 2.89. The van der Waals surface area contributed by atoms with Gasteiger partial charge in [-0.2, -0.15) is 0 Å². The summed E-state index contributed by atoms with van der Waals surface area (Å²) in [4.78, 5) is 0. The highest BCUT2D eigenvalue weighted by Gasteiger charge is 2.21. The SMILES string of the molecule is OC(O)C[NH2+]CCCC1CO1.[Cl-]. The second-order valence-electron chi connectivity index (χ2n) is 2.89. The van der Waals surface area contributed by atoms with Crippen molar-refractivity contribution in [1.29, 1.82) is 0 Å². The minimum absolute atomic E-state index is 0. The lowest BCUT2D eigenvalue weighted by atomic mass is 10.2. The van der Waals surface area contributed by atoms with Crippen LogP contribution >= 0.6 is 0 Å². The van der Waals surface area contributed by atoms with E-state index in [1.54, 1.807) is 0 Å². The van der Waals surface area contributed by atoms with E-state index in [0.29, 0.717) is 12.6 Å². The first-order valence-electron chi connectivity index (χ1n) is 4.08. The van der Waals surface area contributed by atoms with Crippen molar-refractivity contribution < 1.29 is 32.7 Å². The van der Waals surface area contributed by atoms with Crippen LogP contribution in [-0.2, 0) is 4.74 Å². The summed E-state index contributed by atoms with van der Waals surface area (Å²) in [7, 11) is 0.